The first-order valence-electron chi connectivity index (χ1n) is 8.90. The first kappa shape index (κ1) is 19.6. The molecule has 0 atom stereocenters. The number of hydrogen-bond donors (Lipinski definition) is 0. The van der Waals surface area contributed by atoms with Gasteiger partial charge in [-0.05, 0) is 48.7 Å². The SMILES string of the molecule is CC(C)[Si](Oc1ccc2c(c1)OC(C)(C)C(Br)=C2)(C(C)C)C(C)C. The van der Waals surface area contributed by atoms with E-state index in [1.807, 2.05) is 0 Å². The van der Waals surface area contributed by atoms with Crippen molar-refractivity contribution in [2.45, 2.75) is 77.6 Å². The Kier molecular flexibility index (Phi) is 5.61. The normalized spacial score (nSPS) is 16.9. The zero-order chi connectivity index (χ0) is 18.3. The van der Waals surface area contributed by atoms with Gasteiger partial charge in [-0.25, -0.2) is 0 Å². The molecule has 1 aromatic carbocycles. The van der Waals surface area contributed by atoms with Crippen LogP contribution >= 0.6 is 15.9 Å². The summed E-state index contributed by atoms with van der Waals surface area (Å²) in [5.74, 6) is 1.85. The Balaban J connectivity index is 2.41. The Labute approximate surface area is 156 Å². The van der Waals surface area contributed by atoms with E-state index in [0.29, 0.717) is 16.6 Å². The Morgan fingerprint density at radius 2 is 1.54 bits per heavy atom. The van der Waals surface area contributed by atoms with Crippen LogP contribution in [0.4, 0.5) is 0 Å². The molecule has 2 nitrogen and oxygen atoms in total. The molecule has 0 N–H and O–H groups in total. The van der Waals surface area contributed by atoms with Gasteiger partial charge in [0.15, 0.2) is 0 Å². The Morgan fingerprint density at radius 1 is 1.00 bits per heavy atom. The summed E-state index contributed by atoms with van der Waals surface area (Å²) in [5, 5.41) is 0. The van der Waals surface area contributed by atoms with E-state index in [1.165, 1.54) is 0 Å². The number of rotatable bonds is 5. The van der Waals surface area contributed by atoms with Gasteiger partial charge < -0.3 is 9.16 Å². The van der Waals surface area contributed by atoms with Gasteiger partial charge in [-0.15, -0.1) is 0 Å². The van der Waals surface area contributed by atoms with Crippen LogP contribution in [0.1, 0.15) is 61.0 Å². The fourth-order valence-electron chi connectivity index (χ4n) is 3.98. The van der Waals surface area contributed by atoms with Crippen LogP contribution in [0, 0.1) is 0 Å². The van der Waals surface area contributed by atoms with E-state index in [1.54, 1.807) is 0 Å². The third-order valence-electron chi connectivity index (χ3n) is 5.21. The zero-order valence-electron chi connectivity index (χ0n) is 16.2. The van der Waals surface area contributed by atoms with Crippen LogP contribution in [0.15, 0.2) is 22.7 Å². The van der Waals surface area contributed by atoms with Crippen molar-refractivity contribution in [3.05, 3.63) is 28.2 Å². The molecule has 0 fully saturated rings. The third-order valence-corrected chi connectivity index (χ3v) is 12.4. The van der Waals surface area contributed by atoms with Crippen molar-refractivity contribution in [1.82, 2.24) is 0 Å². The summed E-state index contributed by atoms with van der Waals surface area (Å²) in [6.45, 7) is 18.0. The largest absolute Gasteiger partial charge is 0.543 e. The van der Waals surface area contributed by atoms with Gasteiger partial charge in [-0.3, -0.25) is 0 Å². The highest BCUT2D eigenvalue weighted by atomic mass is 79.9. The van der Waals surface area contributed by atoms with Crippen LogP contribution in [-0.4, -0.2) is 13.9 Å². The highest BCUT2D eigenvalue weighted by molar-refractivity contribution is 9.11. The minimum Gasteiger partial charge on any atom is -0.543 e. The molecule has 0 saturated carbocycles. The molecule has 1 heterocycles. The molecule has 4 heteroatoms. The van der Waals surface area contributed by atoms with Crippen molar-refractivity contribution in [1.29, 1.82) is 0 Å². The average Bonchev–Trinajstić information content (AvgIpc) is 2.44. The topological polar surface area (TPSA) is 18.5 Å². The molecule has 0 bridgehead atoms. The zero-order valence-corrected chi connectivity index (χ0v) is 18.8. The van der Waals surface area contributed by atoms with E-state index < -0.39 is 8.32 Å². The second-order valence-electron chi connectivity index (χ2n) is 8.22. The molecule has 0 aliphatic carbocycles. The standard InChI is InChI=1S/C20H31BrO2Si/c1-13(2)24(14(3)4,15(5)6)23-17-10-9-16-11-19(21)20(7,8)22-18(16)12-17/h9-15H,1-8H3. The third kappa shape index (κ3) is 3.45. The molecule has 24 heavy (non-hydrogen) atoms. The van der Waals surface area contributed by atoms with Crippen LogP contribution in [-0.2, 0) is 0 Å². The molecular weight excluding hydrogens is 380 g/mol. The molecule has 0 amide bonds. The highest BCUT2D eigenvalue weighted by Crippen LogP contribution is 2.45. The predicted molar refractivity (Wildman–Crippen MR) is 110 cm³/mol. The maximum Gasteiger partial charge on any atom is 0.258 e. The number of ether oxygens (including phenoxy) is 1. The summed E-state index contributed by atoms with van der Waals surface area (Å²) in [4.78, 5) is 0. The van der Waals surface area contributed by atoms with Gasteiger partial charge in [-0.1, -0.05) is 57.5 Å². The maximum atomic E-state index is 6.77. The molecule has 0 saturated heterocycles. The van der Waals surface area contributed by atoms with Gasteiger partial charge in [0.05, 0.1) is 0 Å². The molecule has 1 aliphatic rings. The summed E-state index contributed by atoms with van der Waals surface area (Å²) in [5.41, 5.74) is 2.42. The maximum absolute atomic E-state index is 6.77. The van der Waals surface area contributed by atoms with Crippen molar-refractivity contribution in [2.24, 2.45) is 0 Å². The second-order valence-corrected chi connectivity index (χ2v) is 14.5. The fraction of sp³-hybridized carbons (Fsp3) is 0.600. The summed E-state index contributed by atoms with van der Waals surface area (Å²) in [6.07, 6.45) is 2.14. The number of benzene rings is 1. The lowest BCUT2D eigenvalue weighted by Gasteiger charge is -2.42. The van der Waals surface area contributed by atoms with Crippen LogP contribution < -0.4 is 9.16 Å². The van der Waals surface area contributed by atoms with Crippen LogP contribution in [0.3, 0.4) is 0 Å². The summed E-state index contributed by atoms with van der Waals surface area (Å²) >= 11 is 3.62. The molecular formula is C20H31BrO2Si. The van der Waals surface area contributed by atoms with Crippen molar-refractivity contribution in [3.63, 3.8) is 0 Å². The van der Waals surface area contributed by atoms with E-state index >= 15 is 0 Å². The monoisotopic (exact) mass is 410 g/mol. The fourth-order valence-corrected chi connectivity index (χ4v) is 9.55. The quantitative estimate of drug-likeness (QED) is 0.479. The van der Waals surface area contributed by atoms with E-state index in [2.05, 4.69) is 95.6 Å². The average molecular weight is 411 g/mol. The first-order chi connectivity index (χ1) is 11.0. The highest BCUT2D eigenvalue weighted by Gasteiger charge is 2.47. The van der Waals surface area contributed by atoms with Gasteiger partial charge in [0.1, 0.15) is 17.1 Å². The van der Waals surface area contributed by atoms with Crippen molar-refractivity contribution >= 4 is 30.3 Å². The molecule has 2 rings (SSSR count). The molecule has 0 radical (unpaired) electrons. The van der Waals surface area contributed by atoms with E-state index in [4.69, 9.17) is 9.16 Å². The minimum absolute atomic E-state index is 0.339. The van der Waals surface area contributed by atoms with Crippen LogP contribution in [0.2, 0.25) is 16.6 Å². The molecule has 0 aromatic heterocycles. The van der Waals surface area contributed by atoms with Crippen molar-refractivity contribution in [3.8, 4) is 11.5 Å². The van der Waals surface area contributed by atoms with E-state index in [9.17, 15) is 0 Å². The lowest BCUT2D eigenvalue weighted by Crippen LogP contribution is -2.50. The minimum atomic E-state index is -1.94. The lowest BCUT2D eigenvalue weighted by molar-refractivity contribution is 0.155. The van der Waals surface area contributed by atoms with Gasteiger partial charge in [0.25, 0.3) is 8.32 Å². The van der Waals surface area contributed by atoms with Crippen LogP contribution in [0.5, 0.6) is 11.5 Å². The van der Waals surface area contributed by atoms with Gasteiger partial charge in [-0.2, -0.15) is 0 Å². The van der Waals surface area contributed by atoms with Gasteiger partial charge in [0, 0.05) is 16.1 Å². The molecule has 1 aromatic rings. The molecule has 0 spiro atoms. The Morgan fingerprint density at radius 3 is 2.04 bits per heavy atom. The van der Waals surface area contributed by atoms with Crippen molar-refractivity contribution in [2.75, 3.05) is 0 Å². The number of fused-ring (bicyclic) bond motifs is 1. The second kappa shape index (κ2) is 6.87. The van der Waals surface area contributed by atoms with Crippen molar-refractivity contribution < 1.29 is 9.16 Å². The smallest absolute Gasteiger partial charge is 0.258 e. The van der Waals surface area contributed by atoms with Gasteiger partial charge >= 0.3 is 0 Å². The Hall–Kier alpha value is -0.743. The lowest BCUT2D eigenvalue weighted by atomic mass is 10.0. The summed E-state index contributed by atoms with van der Waals surface area (Å²) in [6, 6.07) is 6.26. The first-order valence-corrected chi connectivity index (χ1v) is 11.8. The molecule has 1 aliphatic heterocycles. The summed E-state index contributed by atoms with van der Waals surface area (Å²) < 4.78 is 14.0. The Bertz CT molecular complexity index is 611. The van der Waals surface area contributed by atoms with E-state index in [0.717, 1.165) is 21.5 Å². The summed E-state index contributed by atoms with van der Waals surface area (Å²) in [7, 11) is -1.94. The van der Waals surface area contributed by atoms with Gasteiger partial charge in [0.2, 0.25) is 0 Å². The molecule has 0 unspecified atom stereocenters. The predicted octanol–water partition coefficient (Wildman–Crippen LogP) is 7.15. The molecule has 134 valence electrons. The number of halogens is 1. The number of hydrogen-bond acceptors (Lipinski definition) is 2. The van der Waals surface area contributed by atoms with E-state index in [-0.39, 0.29) is 5.60 Å². The van der Waals surface area contributed by atoms with Crippen LogP contribution in [0.25, 0.3) is 6.08 Å².